The molecule has 16 heavy (non-hydrogen) atoms. The zero-order chi connectivity index (χ0) is 12.0. The van der Waals surface area contributed by atoms with Gasteiger partial charge in [-0.15, -0.1) is 6.58 Å². The van der Waals surface area contributed by atoms with E-state index in [1.165, 1.54) is 0 Å². The Morgan fingerprint density at radius 3 is 2.88 bits per heavy atom. The Labute approximate surface area is 93.1 Å². The SMILES string of the molecule is C=CCCC(=O)NNC(=O)c1cc(C)[nH]n1. The Morgan fingerprint density at radius 1 is 1.56 bits per heavy atom. The maximum atomic E-state index is 11.4. The van der Waals surface area contributed by atoms with Crippen LogP contribution >= 0.6 is 0 Å². The number of hydrazine groups is 1. The molecule has 0 unspecified atom stereocenters. The molecule has 2 amide bonds. The fraction of sp³-hybridized carbons (Fsp3) is 0.300. The third kappa shape index (κ3) is 3.56. The summed E-state index contributed by atoms with van der Waals surface area (Å²) >= 11 is 0. The van der Waals surface area contributed by atoms with Crippen molar-refractivity contribution in [3.63, 3.8) is 0 Å². The largest absolute Gasteiger partial charge is 0.290 e. The number of aryl methyl sites for hydroxylation is 1. The number of hydrogen-bond donors (Lipinski definition) is 3. The summed E-state index contributed by atoms with van der Waals surface area (Å²) in [5, 5.41) is 6.39. The van der Waals surface area contributed by atoms with E-state index in [0.717, 1.165) is 5.69 Å². The topological polar surface area (TPSA) is 86.9 Å². The molecule has 0 atom stereocenters. The lowest BCUT2D eigenvalue weighted by molar-refractivity contribution is -0.121. The van der Waals surface area contributed by atoms with Crippen LogP contribution in [0, 0.1) is 6.92 Å². The van der Waals surface area contributed by atoms with Crippen LogP contribution in [0.25, 0.3) is 0 Å². The van der Waals surface area contributed by atoms with Crippen molar-refractivity contribution >= 4 is 11.8 Å². The van der Waals surface area contributed by atoms with Crippen molar-refractivity contribution in [1.82, 2.24) is 21.0 Å². The van der Waals surface area contributed by atoms with Gasteiger partial charge in [-0.25, -0.2) is 0 Å². The molecule has 3 N–H and O–H groups in total. The average molecular weight is 222 g/mol. The number of hydrogen-bond acceptors (Lipinski definition) is 3. The molecule has 0 aliphatic rings. The average Bonchev–Trinajstić information content (AvgIpc) is 2.69. The lowest BCUT2D eigenvalue weighted by atomic mass is 10.3. The molecule has 0 aliphatic carbocycles. The maximum Gasteiger partial charge on any atom is 0.290 e. The van der Waals surface area contributed by atoms with Crippen LogP contribution in [-0.2, 0) is 4.79 Å². The summed E-state index contributed by atoms with van der Waals surface area (Å²) in [6, 6.07) is 1.59. The van der Waals surface area contributed by atoms with Gasteiger partial charge in [-0.05, 0) is 19.4 Å². The second kappa shape index (κ2) is 5.69. The van der Waals surface area contributed by atoms with Crippen LogP contribution in [0.2, 0.25) is 0 Å². The number of rotatable bonds is 4. The standard InChI is InChI=1S/C10H14N4O2/c1-3-4-5-9(15)13-14-10(16)8-6-7(2)11-12-8/h3,6H,1,4-5H2,2H3,(H,11,12)(H,13,15)(H,14,16). The Hall–Kier alpha value is -2.11. The zero-order valence-electron chi connectivity index (χ0n) is 9.04. The number of nitrogens with zero attached hydrogens (tertiary/aromatic N) is 1. The third-order valence-electron chi connectivity index (χ3n) is 1.83. The molecule has 0 fully saturated rings. The maximum absolute atomic E-state index is 11.4. The minimum absolute atomic E-state index is 0.238. The molecule has 0 radical (unpaired) electrons. The third-order valence-corrected chi connectivity index (χ3v) is 1.83. The Kier molecular flexibility index (Phi) is 4.26. The highest BCUT2D eigenvalue weighted by atomic mass is 16.2. The highest BCUT2D eigenvalue weighted by molar-refractivity contribution is 5.93. The van der Waals surface area contributed by atoms with E-state index in [2.05, 4.69) is 27.6 Å². The van der Waals surface area contributed by atoms with E-state index >= 15 is 0 Å². The smallest absolute Gasteiger partial charge is 0.282 e. The van der Waals surface area contributed by atoms with Crippen LogP contribution in [-0.4, -0.2) is 22.0 Å². The Morgan fingerprint density at radius 2 is 2.31 bits per heavy atom. The second-order valence-electron chi connectivity index (χ2n) is 3.27. The van der Waals surface area contributed by atoms with Crippen molar-refractivity contribution in [2.75, 3.05) is 0 Å². The molecule has 0 spiro atoms. The van der Waals surface area contributed by atoms with Crippen molar-refractivity contribution in [1.29, 1.82) is 0 Å². The molecule has 6 heteroatoms. The van der Waals surface area contributed by atoms with Crippen LogP contribution in [0.4, 0.5) is 0 Å². The van der Waals surface area contributed by atoms with Crippen molar-refractivity contribution in [2.24, 2.45) is 0 Å². The predicted molar refractivity (Wildman–Crippen MR) is 58.4 cm³/mol. The number of carbonyl (C=O) groups excluding carboxylic acids is 2. The Balaban J connectivity index is 2.35. The molecule has 1 aromatic heterocycles. The first kappa shape index (κ1) is 12.0. The summed E-state index contributed by atoms with van der Waals surface area (Å²) in [4.78, 5) is 22.5. The lowest BCUT2D eigenvalue weighted by Gasteiger charge is -2.04. The zero-order valence-corrected chi connectivity index (χ0v) is 9.04. The van der Waals surface area contributed by atoms with Crippen LogP contribution in [0.1, 0.15) is 29.0 Å². The van der Waals surface area contributed by atoms with E-state index in [1.807, 2.05) is 0 Å². The summed E-state index contributed by atoms with van der Waals surface area (Å²) in [6.07, 6.45) is 2.51. The van der Waals surface area contributed by atoms with Gasteiger partial charge in [0.25, 0.3) is 5.91 Å². The van der Waals surface area contributed by atoms with E-state index in [-0.39, 0.29) is 11.6 Å². The van der Waals surface area contributed by atoms with Gasteiger partial charge in [-0.1, -0.05) is 6.08 Å². The van der Waals surface area contributed by atoms with Gasteiger partial charge in [0.05, 0.1) is 0 Å². The van der Waals surface area contributed by atoms with Gasteiger partial charge in [0, 0.05) is 12.1 Å². The number of amides is 2. The van der Waals surface area contributed by atoms with E-state index in [1.54, 1.807) is 19.1 Å². The first-order valence-corrected chi connectivity index (χ1v) is 4.85. The van der Waals surface area contributed by atoms with Crippen molar-refractivity contribution in [2.45, 2.75) is 19.8 Å². The summed E-state index contributed by atoms with van der Waals surface area (Å²) in [7, 11) is 0. The molecular formula is C10H14N4O2. The summed E-state index contributed by atoms with van der Waals surface area (Å²) in [6.45, 7) is 5.28. The van der Waals surface area contributed by atoms with Crippen LogP contribution in [0.5, 0.6) is 0 Å². The molecular weight excluding hydrogens is 208 g/mol. The molecule has 86 valence electrons. The molecule has 0 aliphatic heterocycles. The van der Waals surface area contributed by atoms with Crippen molar-refractivity contribution in [3.05, 3.63) is 30.1 Å². The minimum atomic E-state index is -0.448. The number of H-pyrrole nitrogens is 1. The molecule has 6 nitrogen and oxygen atoms in total. The molecule has 0 bridgehead atoms. The van der Waals surface area contributed by atoms with Gasteiger partial charge < -0.3 is 0 Å². The van der Waals surface area contributed by atoms with Gasteiger partial charge >= 0.3 is 0 Å². The number of nitrogens with one attached hydrogen (secondary N) is 3. The van der Waals surface area contributed by atoms with E-state index < -0.39 is 5.91 Å². The monoisotopic (exact) mass is 222 g/mol. The second-order valence-corrected chi connectivity index (χ2v) is 3.27. The molecule has 0 saturated heterocycles. The van der Waals surface area contributed by atoms with Gasteiger partial charge in [0.2, 0.25) is 5.91 Å². The number of aromatic amines is 1. The van der Waals surface area contributed by atoms with Crippen molar-refractivity contribution in [3.8, 4) is 0 Å². The van der Waals surface area contributed by atoms with Gasteiger partial charge in [-0.3, -0.25) is 25.5 Å². The van der Waals surface area contributed by atoms with Gasteiger partial charge in [0.1, 0.15) is 0 Å². The highest BCUT2D eigenvalue weighted by Gasteiger charge is 2.09. The van der Waals surface area contributed by atoms with E-state index in [0.29, 0.717) is 12.8 Å². The Bertz CT molecular complexity index is 397. The quantitative estimate of drug-likeness (QED) is 0.510. The van der Waals surface area contributed by atoms with E-state index in [9.17, 15) is 9.59 Å². The fourth-order valence-electron chi connectivity index (χ4n) is 1.02. The molecule has 1 rings (SSSR count). The van der Waals surface area contributed by atoms with E-state index in [4.69, 9.17) is 0 Å². The van der Waals surface area contributed by atoms with Crippen LogP contribution < -0.4 is 10.9 Å². The van der Waals surface area contributed by atoms with Crippen LogP contribution in [0.15, 0.2) is 18.7 Å². The first-order chi connectivity index (χ1) is 7.63. The van der Waals surface area contributed by atoms with Gasteiger partial charge in [0.15, 0.2) is 5.69 Å². The number of aromatic nitrogens is 2. The highest BCUT2D eigenvalue weighted by Crippen LogP contribution is 1.96. The first-order valence-electron chi connectivity index (χ1n) is 4.85. The number of allylic oxidation sites excluding steroid dienone is 1. The number of carbonyl (C=O) groups is 2. The summed E-state index contributed by atoms with van der Waals surface area (Å²) < 4.78 is 0. The molecule has 1 aromatic rings. The molecule has 0 aromatic carbocycles. The van der Waals surface area contributed by atoms with Crippen LogP contribution in [0.3, 0.4) is 0 Å². The fourth-order valence-corrected chi connectivity index (χ4v) is 1.02. The summed E-state index contributed by atoms with van der Waals surface area (Å²) in [5.41, 5.74) is 5.57. The minimum Gasteiger partial charge on any atom is -0.282 e. The summed E-state index contributed by atoms with van der Waals surface area (Å²) in [5.74, 6) is -0.711. The normalized spacial score (nSPS) is 9.56. The molecule has 1 heterocycles. The molecule has 0 saturated carbocycles. The predicted octanol–water partition coefficient (Wildman–Crippen LogP) is 0.445. The van der Waals surface area contributed by atoms with Gasteiger partial charge in [-0.2, -0.15) is 5.10 Å². The van der Waals surface area contributed by atoms with Crippen molar-refractivity contribution < 1.29 is 9.59 Å². The lowest BCUT2D eigenvalue weighted by Crippen LogP contribution is -2.41.